The van der Waals surface area contributed by atoms with Crippen molar-refractivity contribution in [3.05, 3.63) is 0 Å². The molecule has 0 fully saturated rings. The van der Waals surface area contributed by atoms with Gasteiger partial charge in [0, 0.05) is 26.4 Å². The molecule has 0 aromatic rings. The average Bonchev–Trinajstić information content (AvgIpc) is 2.39. The maximum Gasteiger partial charge on any atom is 0.0431 e. The number of hydrogen-bond acceptors (Lipinski definition) is 4. The molecule has 4 heteroatoms. The van der Waals surface area contributed by atoms with Crippen molar-refractivity contribution in [3.8, 4) is 0 Å². The van der Waals surface area contributed by atoms with Crippen LogP contribution < -0.4 is 0 Å². The van der Waals surface area contributed by atoms with Gasteiger partial charge in [0.05, 0.1) is 0 Å². The molecule has 0 saturated carbocycles. The van der Waals surface area contributed by atoms with Gasteiger partial charge in [-0.15, -0.1) is 0 Å². The van der Waals surface area contributed by atoms with Gasteiger partial charge in [-0.3, -0.25) is 0 Å². The topological polar surface area (TPSA) is 80.9 Å². The lowest BCUT2D eigenvalue weighted by Gasteiger charge is -1.95. The van der Waals surface area contributed by atoms with E-state index in [-0.39, 0.29) is 0 Å². The van der Waals surface area contributed by atoms with Crippen molar-refractivity contribution in [2.45, 2.75) is 64.2 Å². The Morgan fingerprint density at radius 1 is 0.278 bits per heavy atom. The van der Waals surface area contributed by atoms with E-state index in [1.807, 2.05) is 0 Å². The third-order valence-corrected chi connectivity index (χ3v) is 2.63. The first-order valence-electron chi connectivity index (χ1n) is 7.26. The van der Waals surface area contributed by atoms with E-state index in [1.54, 1.807) is 0 Å². The second-order valence-corrected chi connectivity index (χ2v) is 4.43. The van der Waals surface area contributed by atoms with Crippen LogP contribution in [0, 0.1) is 0 Å². The number of aliphatic hydroxyl groups excluding tert-OH is 4. The van der Waals surface area contributed by atoms with Crippen LogP contribution in [0.2, 0.25) is 0 Å². The van der Waals surface area contributed by atoms with E-state index < -0.39 is 0 Å². The fourth-order valence-electron chi connectivity index (χ4n) is 1.51. The van der Waals surface area contributed by atoms with Gasteiger partial charge < -0.3 is 20.4 Å². The Labute approximate surface area is 112 Å². The summed E-state index contributed by atoms with van der Waals surface area (Å²) in [6, 6.07) is 0. The lowest BCUT2D eigenvalue weighted by Crippen LogP contribution is -1.85. The van der Waals surface area contributed by atoms with E-state index >= 15 is 0 Å². The summed E-state index contributed by atoms with van der Waals surface area (Å²) in [7, 11) is 0. The second kappa shape index (κ2) is 22.1. The standard InChI is InChI=1S/2C7H16O2/c2*8-6-4-2-1-3-5-7-9/h2*8-9H,1-7H2. The summed E-state index contributed by atoms with van der Waals surface area (Å²) in [5.74, 6) is 0. The van der Waals surface area contributed by atoms with Crippen molar-refractivity contribution in [3.63, 3.8) is 0 Å². The molecule has 0 aromatic heterocycles. The summed E-state index contributed by atoms with van der Waals surface area (Å²) in [6.07, 6.45) is 10.3. The minimum Gasteiger partial charge on any atom is -0.396 e. The molecular weight excluding hydrogens is 232 g/mol. The average molecular weight is 264 g/mol. The molecule has 0 aromatic carbocycles. The highest BCUT2D eigenvalue weighted by Crippen LogP contribution is 2.01. The summed E-state index contributed by atoms with van der Waals surface area (Å²) < 4.78 is 0. The van der Waals surface area contributed by atoms with Gasteiger partial charge in [-0.2, -0.15) is 0 Å². The van der Waals surface area contributed by atoms with Crippen molar-refractivity contribution in [2.24, 2.45) is 0 Å². The van der Waals surface area contributed by atoms with Crippen LogP contribution in [0.15, 0.2) is 0 Å². The first-order valence-corrected chi connectivity index (χ1v) is 7.26. The molecule has 4 N–H and O–H groups in total. The molecule has 0 amide bonds. The minimum absolute atomic E-state index is 0.305. The summed E-state index contributed by atoms with van der Waals surface area (Å²) in [5, 5.41) is 33.5. The quantitative estimate of drug-likeness (QED) is 0.405. The van der Waals surface area contributed by atoms with Crippen LogP contribution in [0.1, 0.15) is 64.2 Å². The molecule has 0 atom stereocenters. The Kier molecular flexibility index (Phi) is 24.7. The molecule has 0 saturated heterocycles. The van der Waals surface area contributed by atoms with Crippen molar-refractivity contribution in [1.82, 2.24) is 0 Å². The number of aliphatic hydroxyl groups is 4. The molecule has 0 heterocycles. The van der Waals surface area contributed by atoms with Gasteiger partial charge in [-0.25, -0.2) is 0 Å². The Morgan fingerprint density at radius 2 is 0.444 bits per heavy atom. The Hall–Kier alpha value is -0.160. The third kappa shape index (κ3) is 24.9. The highest BCUT2D eigenvalue weighted by atomic mass is 16.3. The normalized spacial score (nSPS) is 10.0. The van der Waals surface area contributed by atoms with Gasteiger partial charge >= 0.3 is 0 Å². The fraction of sp³-hybridized carbons (Fsp3) is 1.00. The smallest absolute Gasteiger partial charge is 0.0431 e. The molecule has 0 spiro atoms. The fourth-order valence-corrected chi connectivity index (χ4v) is 1.51. The van der Waals surface area contributed by atoms with Crippen LogP contribution in [0.25, 0.3) is 0 Å². The molecule has 0 aliphatic heterocycles. The van der Waals surface area contributed by atoms with Gasteiger partial charge in [-0.05, 0) is 25.7 Å². The zero-order chi connectivity index (χ0) is 13.9. The lowest BCUT2D eigenvalue weighted by molar-refractivity contribution is 0.271. The van der Waals surface area contributed by atoms with E-state index in [9.17, 15) is 0 Å². The van der Waals surface area contributed by atoms with Crippen LogP contribution in [0.5, 0.6) is 0 Å². The van der Waals surface area contributed by atoms with Crippen LogP contribution in [-0.2, 0) is 0 Å². The van der Waals surface area contributed by atoms with Crippen LogP contribution in [0.4, 0.5) is 0 Å². The molecule has 18 heavy (non-hydrogen) atoms. The molecule has 112 valence electrons. The Morgan fingerprint density at radius 3 is 0.611 bits per heavy atom. The SMILES string of the molecule is OCCCCCCCO.OCCCCCCCO. The number of unbranched alkanes of at least 4 members (excludes halogenated alkanes) is 8. The van der Waals surface area contributed by atoms with Crippen LogP contribution >= 0.6 is 0 Å². The number of hydrogen-bond donors (Lipinski definition) is 4. The first kappa shape index (κ1) is 20.2. The molecule has 4 nitrogen and oxygen atoms in total. The highest BCUT2D eigenvalue weighted by Gasteiger charge is 1.87. The maximum absolute atomic E-state index is 8.37. The Bertz CT molecular complexity index is 94.4. The largest absolute Gasteiger partial charge is 0.396 e. The predicted molar refractivity (Wildman–Crippen MR) is 74.5 cm³/mol. The van der Waals surface area contributed by atoms with E-state index in [0.29, 0.717) is 26.4 Å². The molecule has 0 aliphatic carbocycles. The maximum atomic E-state index is 8.37. The molecule has 0 aliphatic rings. The number of rotatable bonds is 12. The zero-order valence-corrected chi connectivity index (χ0v) is 11.7. The van der Waals surface area contributed by atoms with Crippen molar-refractivity contribution >= 4 is 0 Å². The first-order chi connectivity index (χ1) is 8.83. The van der Waals surface area contributed by atoms with E-state index in [0.717, 1.165) is 64.2 Å². The predicted octanol–water partition coefficient (Wildman–Crippen LogP) is 1.84. The molecular formula is C14H32O4. The molecule has 0 unspecified atom stereocenters. The van der Waals surface area contributed by atoms with Crippen LogP contribution in [0.3, 0.4) is 0 Å². The second-order valence-electron chi connectivity index (χ2n) is 4.43. The van der Waals surface area contributed by atoms with Crippen molar-refractivity contribution in [1.29, 1.82) is 0 Å². The van der Waals surface area contributed by atoms with Crippen molar-refractivity contribution < 1.29 is 20.4 Å². The van der Waals surface area contributed by atoms with Gasteiger partial charge in [0.15, 0.2) is 0 Å². The van der Waals surface area contributed by atoms with E-state index in [2.05, 4.69) is 0 Å². The zero-order valence-electron chi connectivity index (χ0n) is 11.7. The van der Waals surface area contributed by atoms with Gasteiger partial charge in [0.2, 0.25) is 0 Å². The van der Waals surface area contributed by atoms with E-state index in [1.165, 1.54) is 0 Å². The minimum atomic E-state index is 0.305. The summed E-state index contributed by atoms with van der Waals surface area (Å²) in [5.41, 5.74) is 0. The third-order valence-electron chi connectivity index (χ3n) is 2.63. The summed E-state index contributed by atoms with van der Waals surface area (Å²) >= 11 is 0. The summed E-state index contributed by atoms with van der Waals surface area (Å²) in [4.78, 5) is 0. The van der Waals surface area contributed by atoms with Gasteiger partial charge in [0.1, 0.15) is 0 Å². The summed E-state index contributed by atoms with van der Waals surface area (Å²) in [6.45, 7) is 1.22. The van der Waals surface area contributed by atoms with Gasteiger partial charge in [-0.1, -0.05) is 38.5 Å². The highest BCUT2D eigenvalue weighted by molar-refractivity contribution is 4.42. The molecule has 0 bridgehead atoms. The van der Waals surface area contributed by atoms with Crippen molar-refractivity contribution in [2.75, 3.05) is 26.4 Å². The molecule has 0 rings (SSSR count). The Balaban J connectivity index is 0. The van der Waals surface area contributed by atoms with E-state index in [4.69, 9.17) is 20.4 Å². The lowest BCUT2D eigenvalue weighted by atomic mass is 10.2. The van der Waals surface area contributed by atoms with Gasteiger partial charge in [0.25, 0.3) is 0 Å². The van der Waals surface area contributed by atoms with Crippen LogP contribution in [-0.4, -0.2) is 46.9 Å². The monoisotopic (exact) mass is 264 g/mol. The molecule has 0 radical (unpaired) electrons.